The minimum Gasteiger partial charge on any atom is -0.487 e. The van der Waals surface area contributed by atoms with E-state index in [9.17, 15) is 9.59 Å². The molecule has 9 nitrogen and oxygen atoms in total. The number of rotatable bonds is 10. The summed E-state index contributed by atoms with van der Waals surface area (Å²) in [6.45, 7) is 9.92. The number of nitrogens with zero attached hydrogens (tertiary/aromatic N) is 1. The Kier molecular flexibility index (Phi) is 9.17. The lowest BCUT2D eigenvalue weighted by Gasteiger charge is -2.25. The van der Waals surface area contributed by atoms with Crippen LogP contribution in [0.5, 0.6) is 5.75 Å². The van der Waals surface area contributed by atoms with E-state index in [2.05, 4.69) is 5.32 Å². The Bertz CT molecular complexity index is 1040. The molecule has 2 atom stereocenters. The van der Waals surface area contributed by atoms with Gasteiger partial charge in [0.05, 0.1) is 25.1 Å². The standard InChI is InChI=1S/C27H36N2O7/c1-18(15-35-32-6)28-23-12-22-21(17-33-19(2)30)14-29(26(31)36-27(3,4)5)24(22)13-25(23)34-16-20-10-8-7-9-11-20/h7-13,18,21,28H,14-17H2,1-6H3/t18?,21-/m0/s1. The van der Waals surface area contributed by atoms with Crippen LogP contribution in [0, 0.1) is 0 Å². The maximum atomic E-state index is 13.1. The molecule has 36 heavy (non-hydrogen) atoms. The van der Waals surface area contributed by atoms with Crippen LogP contribution in [0.15, 0.2) is 42.5 Å². The monoisotopic (exact) mass is 500 g/mol. The Balaban J connectivity index is 1.98. The van der Waals surface area contributed by atoms with Crippen LogP contribution in [0.4, 0.5) is 16.2 Å². The number of hydrogen-bond acceptors (Lipinski definition) is 8. The number of carbonyl (C=O) groups excluding carboxylic acids is 2. The summed E-state index contributed by atoms with van der Waals surface area (Å²) < 4.78 is 17.2. The van der Waals surface area contributed by atoms with Gasteiger partial charge < -0.3 is 19.5 Å². The molecule has 0 saturated carbocycles. The Labute approximate surface area is 212 Å². The van der Waals surface area contributed by atoms with Crippen LogP contribution in [-0.2, 0) is 30.7 Å². The molecule has 0 radical (unpaired) electrons. The van der Waals surface area contributed by atoms with Gasteiger partial charge >= 0.3 is 12.1 Å². The molecule has 1 unspecified atom stereocenters. The maximum absolute atomic E-state index is 13.1. The van der Waals surface area contributed by atoms with Crippen molar-refractivity contribution in [2.24, 2.45) is 0 Å². The average molecular weight is 501 g/mol. The molecule has 1 N–H and O–H groups in total. The van der Waals surface area contributed by atoms with Crippen molar-refractivity contribution in [3.05, 3.63) is 53.6 Å². The summed E-state index contributed by atoms with van der Waals surface area (Å²) >= 11 is 0. The molecule has 0 bridgehead atoms. The molecule has 2 aromatic rings. The first-order chi connectivity index (χ1) is 17.1. The molecule has 2 aromatic carbocycles. The average Bonchev–Trinajstić information content (AvgIpc) is 3.17. The van der Waals surface area contributed by atoms with E-state index in [1.54, 1.807) is 4.90 Å². The highest BCUT2D eigenvalue weighted by molar-refractivity contribution is 5.92. The number of benzene rings is 2. The fraction of sp³-hybridized carbons (Fsp3) is 0.481. The number of amides is 1. The molecular formula is C27H36N2O7. The normalized spacial score (nSPS) is 15.7. The molecule has 1 aliphatic rings. The van der Waals surface area contributed by atoms with E-state index in [1.807, 2.05) is 70.2 Å². The molecule has 0 saturated heterocycles. The van der Waals surface area contributed by atoms with E-state index in [0.717, 1.165) is 16.8 Å². The molecule has 196 valence electrons. The van der Waals surface area contributed by atoms with Gasteiger partial charge in [0, 0.05) is 31.5 Å². The van der Waals surface area contributed by atoms with Crippen LogP contribution >= 0.6 is 0 Å². The zero-order valence-electron chi connectivity index (χ0n) is 21.8. The number of anilines is 2. The van der Waals surface area contributed by atoms with Crippen molar-refractivity contribution < 1.29 is 33.6 Å². The molecule has 9 heteroatoms. The Morgan fingerprint density at radius 2 is 1.89 bits per heavy atom. The van der Waals surface area contributed by atoms with Crippen molar-refractivity contribution in [3.63, 3.8) is 0 Å². The summed E-state index contributed by atoms with van der Waals surface area (Å²) in [5.41, 5.74) is 2.61. The lowest BCUT2D eigenvalue weighted by Crippen LogP contribution is -2.36. The molecule has 1 amide bonds. The predicted molar refractivity (Wildman–Crippen MR) is 136 cm³/mol. The second-order valence-corrected chi connectivity index (χ2v) is 9.77. The molecule has 1 aliphatic heterocycles. The van der Waals surface area contributed by atoms with E-state index in [-0.39, 0.29) is 24.5 Å². The third-order valence-electron chi connectivity index (χ3n) is 5.44. The molecule has 0 aromatic heterocycles. The summed E-state index contributed by atoms with van der Waals surface area (Å²) in [6.07, 6.45) is -0.467. The van der Waals surface area contributed by atoms with Crippen LogP contribution in [0.25, 0.3) is 0 Å². The maximum Gasteiger partial charge on any atom is 0.414 e. The van der Waals surface area contributed by atoms with E-state index < -0.39 is 11.7 Å². The first kappa shape index (κ1) is 27.3. The van der Waals surface area contributed by atoms with E-state index in [0.29, 0.717) is 31.2 Å². The number of fused-ring (bicyclic) bond motifs is 1. The second kappa shape index (κ2) is 12.1. The number of carbonyl (C=O) groups is 2. The van der Waals surface area contributed by atoms with Gasteiger partial charge in [0.15, 0.2) is 0 Å². The highest BCUT2D eigenvalue weighted by Gasteiger charge is 2.37. The van der Waals surface area contributed by atoms with Crippen molar-refractivity contribution in [2.75, 3.05) is 37.1 Å². The quantitative estimate of drug-likeness (QED) is 0.275. The third kappa shape index (κ3) is 7.60. The molecule has 0 fully saturated rings. The van der Waals surface area contributed by atoms with Gasteiger partial charge in [-0.2, -0.15) is 0 Å². The lowest BCUT2D eigenvalue weighted by atomic mass is 10.0. The summed E-state index contributed by atoms with van der Waals surface area (Å²) in [6, 6.07) is 13.5. The fourth-order valence-corrected chi connectivity index (χ4v) is 3.86. The van der Waals surface area contributed by atoms with Crippen molar-refractivity contribution in [2.45, 2.75) is 58.8 Å². The van der Waals surface area contributed by atoms with E-state index >= 15 is 0 Å². The van der Waals surface area contributed by atoms with Gasteiger partial charge in [0.1, 0.15) is 24.6 Å². The van der Waals surface area contributed by atoms with Crippen LogP contribution < -0.4 is 15.0 Å². The second-order valence-electron chi connectivity index (χ2n) is 9.77. The lowest BCUT2D eigenvalue weighted by molar-refractivity contribution is -0.273. The zero-order valence-corrected chi connectivity index (χ0v) is 21.8. The summed E-state index contributed by atoms with van der Waals surface area (Å²) in [5.74, 6) is -0.0204. The smallest absolute Gasteiger partial charge is 0.414 e. The Morgan fingerprint density at radius 1 is 1.17 bits per heavy atom. The third-order valence-corrected chi connectivity index (χ3v) is 5.44. The summed E-state index contributed by atoms with van der Waals surface area (Å²) in [7, 11) is 1.46. The van der Waals surface area contributed by atoms with Crippen LogP contribution in [0.3, 0.4) is 0 Å². The van der Waals surface area contributed by atoms with Gasteiger partial charge in [-0.3, -0.25) is 9.69 Å². The van der Waals surface area contributed by atoms with E-state index in [4.69, 9.17) is 24.0 Å². The summed E-state index contributed by atoms with van der Waals surface area (Å²) in [5, 5.41) is 3.41. The van der Waals surface area contributed by atoms with E-state index in [1.165, 1.54) is 14.0 Å². The molecule has 3 rings (SSSR count). The first-order valence-electron chi connectivity index (χ1n) is 12.0. The van der Waals surface area contributed by atoms with Crippen LogP contribution in [0.1, 0.15) is 51.7 Å². The minimum absolute atomic E-state index is 0.0997. The first-order valence-corrected chi connectivity index (χ1v) is 12.0. The topological polar surface area (TPSA) is 95.6 Å². The Morgan fingerprint density at radius 3 is 2.53 bits per heavy atom. The Hall–Kier alpha value is -3.30. The van der Waals surface area contributed by atoms with Crippen LogP contribution in [0.2, 0.25) is 0 Å². The number of nitrogens with one attached hydrogen (secondary N) is 1. The summed E-state index contributed by atoms with van der Waals surface area (Å²) in [4.78, 5) is 36.0. The van der Waals surface area contributed by atoms with Crippen molar-refractivity contribution in [1.82, 2.24) is 0 Å². The van der Waals surface area contributed by atoms with Crippen molar-refractivity contribution >= 4 is 23.4 Å². The molecule has 0 aliphatic carbocycles. The van der Waals surface area contributed by atoms with Crippen molar-refractivity contribution in [1.29, 1.82) is 0 Å². The largest absolute Gasteiger partial charge is 0.487 e. The van der Waals surface area contributed by atoms with Crippen LogP contribution in [-0.4, -0.2) is 50.6 Å². The van der Waals surface area contributed by atoms with Gasteiger partial charge in [-0.1, -0.05) is 30.3 Å². The van der Waals surface area contributed by atoms with Gasteiger partial charge in [-0.15, -0.1) is 0 Å². The highest BCUT2D eigenvalue weighted by atomic mass is 17.2. The van der Waals surface area contributed by atoms with Crippen molar-refractivity contribution in [3.8, 4) is 5.75 Å². The SMILES string of the molecule is COOCC(C)Nc1cc2c(cc1OCc1ccccc1)N(C(=O)OC(C)(C)C)C[C@H]2COC(C)=O. The molecule has 1 heterocycles. The number of hydrogen-bond donors (Lipinski definition) is 1. The minimum atomic E-state index is -0.657. The number of ether oxygens (including phenoxy) is 3. The number of esters is 1. The van der Waals surface area contributed by atoms with Gasteiger partial charge in [-0.05, 0) is 44.9 Å². The van der Waals surface area contributed by atoms with Gasteiger partial charge in [0.25, 0.3) is 0 Å². The predicted octanol–water partition coefficient (Wildman–Crippen LogP) is 5.05. The molecule has 0 spiro atoms. The zero-order chi connectivity index (χ0) is 26.3. The van der Waals surface area contributed by atoms with Gasteiger partial charge in [-0.25, -0.2) is 14.6 Å². The highest BCUT2D eigenvalue weighted by Crippen LogP contribution is 2.43. The van der Waals surface area contributed by atoms with Gasteiger partial charge in [0.2, 0.25) is 0 Å². The fourth-order valence-electron chi connectivity index (χ4n) is 3.86. The molecular weight excluding hydrogens is 464 g/mol.